The number of imidazole rings is 1. The molecule has 4 aromatic rings. The van der Waals surface area contributed by atoms with E-state index in [1.165, 1.54) is 17.7 Å². The van der Waals surface area contributed by atoms with Gasteiger partial charge in [-0.2, -0.15) is 5.26 Å². The fourth-order valence-corrected chi connectivity index (χ4v) is 3.84. The highest BCUT2D eigenvalue weighted by molar-refractivity contribution is 5.75. The smallest absolute Gasteiger partial charge is 0.225 e. The Morgan fingerprint density at radius 2 is 2.00 bits per heavy atom. The molecule has 1 aliphatic rings. The second kappa shape index (κ2) is 8.67. The van der Waals surface area contributed by atoms with Crippen LogP contribution in [0.2, 0.25) is 0 Å². The Bertz CT molecular complexity index is 1380. The van der Waals surface area contributed by atoms with Crippen molar-refractivity contribution in [3.8, 4) is 6.07 Å². The van der Waals surface area contributed by atoms with E-state index in [4.69, 9.17) is 5.26 Å². The van der Waals surface area contributed by atoms with E-state index >= 15 is 0 Å². The molecule has 0 saturated carbocycles. The van der Waals surface area contributed by atoms with E-state index in [1.54, 1.807) is 12.3 Å². The van der Waals surface area contributed by atoms with Gasteiger partial charge in [0.2, 0.25) is 5.95 Å². The Balaban J connectivity index is 1.39. The van der Waals surface area contributed by atoms with E-state index in [0.717, 1.165) is 36.6 Å². The van der Waals surface area contributed by atoms with Crippen LogP contribution in [0.4, 0.5) is 21.8 Å². The molecule has 4 heterocycles. The summed E-state index contributed by atoms with van der Waals surface area (Å²) in [5, 5.41) is 11.9. The fraction of sp³-hybridized carbons (Fsp3) is 0.208. The molecule has 1 aromatic carbocycles. The van der Waals surface area contributed by atoms with Crippen LogP contribution in [0.15, 0.2) is 55.3 Å². The number of nitriles is 1. The SMILES string of the molecule is CCc1cnc(N2CC=C(c3cnc4c(Nc5ccc(C#N)cc5F)nccn34)CC2)nc1. The van der Waals surface area contributed by atoms with Gasteiger partial charge in [0.05, 0.1) is 29.2 Å². The molecular formula is C24H21FN8. The number of halogens is 1. The average molecular weight is 440 g/mol. The number of hydrogen-bond donors (Lipinski definition) is 1. The predicted octanol–water partition coefficient (Wildman–Crippen LogP) is 4.13. The third-order valence-corrected chi connectivity index (χ3v) is 5.70. The topological polar surface area (TPSA) is 95.0 Å². The Kier molecular flexibility index (Phi) is 5.40. The highest BCUT2D eigenvalue weighted by Crippen LogP contribution is 2.28. The van der Waals surface area contributed by atoms with Crippen molar-refractivity contribution in [2.45, 2.75) is 19.8 Å². The summed E-state index contributed by atoms with van der Waals surface area (Å²) in [6.07, 6.45) is 13.0. The number of anilines is 3. The molecule has 0 saturated heterocycles. The van der Waals surface area contributed by atoms with Gasteiger partial charge in [-0.3, -0.25) is 4.40 Å². The molecule has 9 heteroatoms. The molecule has 164 valence electrons. The number of fused-ring (bicyclic) bond motifs is 1. The first-order valence-corrected chi connectivity index (χ1v) is 10.7. The number of benzene rings is 1. The molecule has 0 spiro atoms. The lowest BCUT2D eigenvalue weighted by molar-refractivity contribution is 0.631. The summed E-state index contributed by atoms with van der Waals surface area (Å²) in [6, 6.07) is 6.20. The maximum absolute atomic E-state index is 14.3. The molecule has 0 amide bonds. The minimum Gasteiger partial charge on any atom is -0.337 e. The van der Waals surface area contributed by atoms with Gasteiger partial charge in [0.25, 0.3) is 0 Å². The van der Waals surface area contributed by atoms with Crippen molar-refractivity contribution >= 4 is 28.7 Å². The van der Waals surface area contributed by atoms with Crippen molar-refractivity contribution in [2.24, 2.45) is 0 Å². The van der Waals surface area contributed by atoms with Gasteiger partial charge in [0.1, 0.15) is 5.82 Å². The van der Waals surface area contributed by atoms with E-state index < -0.39 is 5.82 Å². The van der Waals surface area contributed by atoms with Crippen LogP contribution in [0, 0.1) is 17.1 Å². The van der Waals surface area contributed by atoms with E-state index in [2.05, 4.69) is 43.2 Å². The van der Waals surface area contributed by atoms with Gasteiger partial charge in [-0.15, -0.1) is 0 Å². The first-order chi connectivity index (χ1) is 16.2. The van der Waals surface area contributed by atoms with Crippen LogP contribution in [-0.4, -0.2) is 37.4 Å². The summed E-state index contributed by atoms with van der Waals surface area (Å²) in [5.41, 5.74) is 4.36. The van der Waals surface area contributed by atoms with Gasteiger partial charge < -0.3 is 10.2 Å². The van der Waals surface area contributed by atoms with Gasteiger partial charge in [-0.1, -0.05) is 13.0 Å². The summed E-state index contributed by atoms with van der Waals surface area (Å²) in [4.78, 5) is 20.0. The zero-order valence-corrected chi connectivity index (χ0v) is 18.0. The molecule has 0 fully saturated rings. The number of rotatable bonds is 5. The standard InChI is InChI=1S/C24H21FN8/c1-2-16-13-29-24(30-14-16)32-8-5-18(6-9-32)21-15-28-23-22(27-7-10-33(21)23)31-20-4-3-17(12-26)11-19(20)25/h3-5,7,10-11,13-15H,2,6,8-9H2,1H3,(H,27,31). The van der Waals surface area contributed by atoms with Crippen molar-refractivity contribution in [2.75, 3.05) is 23.3 Å². The number of nitrogens with one attached hydrogen (secondary N) is 1. The van der Waals surface area contributed by atoms with Gasteiger partial charge in [0.15, 0.2) is 11.5 Å². The van der Waals surface area contributed by atoms with Gasteiger partial charge in [-0.25, -0.2) is 24.3 Å². The van der Waals surface area contributed by atoms with Crippen LogP contribution in [0.25, 0.3) is 11.2 Å². The molecule has 1 N–H and O–H groups in total. The fourth-order valence-electron chi connectivity index (χ4n) is 3.84. The van der Waals surface area contributed by atoms with E-state index in [0.29, 0.717) is 18.0 Å². The van der Waals surface area contributed by atoms with Crippen LogP contribution >= 0.6 is 0 Å². The van der Waals surface area contributed by atoms with Crippen molar-refractivity contribution in [3.05, 3.63) is 77.9 Å². The van der Waals surface area contributed by atoms with Crippen LogP contribution in [0.5, 0.6) is 0 Å². The molecule has 33 heavy (non-hydrogen) atoms. The highest BCUT2D eigenvalue weighted by atomic mass is 19.1. The van der Waals surface area contributed by atoms with Gasteiger partial charge in [0, 0.05) is 37.9 Å². The zero-order chi connectivity index (χ0) is 22.8. The summed E-state index contributed by atoms with van der Waals surface area (Å²) in [6.45, 7) is 3.60. The Hall–Kier alpha value is -4.32. The lowest BCUT2D eigenvalue weighted by Gasteiger charge is -2.26. The Morgan fingerprint density at radius 3 is 2.70 bits per heavy atom. The number of nitrogens with zero attached hydrogens (tertiary/aromatic N) is 7. The molecule has 1 aliphatic heterocycles. The maximum Gasteiger partial charge on any atom is 0.225 e. The lowest BCUT2D eigenvalue weighted by Crippen LogP contribution is -2.30. The van der Waals surface area contributed by atoms with Crippen LogP contribution in [0.3, 0.4) is 0 Å². The second-order valence-corrected chi connectivity index (χ2v) is 7.71. The largest absolute Gasteiger partial charge is 0.337 e. The molecule has 3 aromatic heterocycles. The highest BCUT2D eigenvalue weighted by Gasteiger charge is 2.19. The molecule has 0 radical (unpaired) electrons. The van der Waals surface area contributed by atoms with Crippen molar-refractivity contribution in [3.63, 3.8) is 0 Å². The average Bonchev–Trinajstić information content (AvgIpc) is 3.30. The molecular weight excluding hydrogens is 419 g/mol. The third-order valence-electron chi connectivity index (χ3n) is 5.70. The van der Waals surface area contributed by atoms with E-state index in [9.17, 15) is 4.39 Å². The first kappa shape index (κ1) is 20.6. The van der Waals surface area contributed by atoms with Crippen molar-refractivity contribution < 1.29 is 4.39 Å². The second-order valence-electron chi connectivity index (χ2n) is 7.71. The number of aryl methyl sites for hydroxylation is 1. The van der Waals surface area contributed by atoms with E-state index in [-0.39, 0.29) is 11.3 Å². The molecule has 8 nitrogen and oxygen atoms in total. The zero-order valence-electron chi connectivity index (χ0n) is 18.0. The third kappa shape index (κ3) is 3.99. The van der Waals surface area contributed by atoms with Crippen molar-refractivity contribution in [1.29, 1.82) is 5.26 Å². The van der Waals surface area contributed by atoms with Crippen molar-refractivity contribution in [1.82, 2.24) is 24.3 Å². The maximum atomic E-state index is 14.3. The quantitative estimate of drug-likeness (QED) is 0.499. The normalized spacial score (nSPS) is 13.6. The van der Waals surface area contributed by atoms with Gasteiger partial charge >= 0.3 is 0 Å². The minimum absolute atomic E-state index is 0.237. The Labute approximate surface area is 190 Å². The van der Waals surface area contributed by atoms with E-state index in [1.807, 2.05) is 35.3 Å². The molecule has 0 bridgehead atoms. The minimum atomic E-state index is -0.520. The molecule has 5 rings (SSSR count). The van der Waals surface area contributed by atoms with Crippen LogP contribution in [0.1, 0.15) is 30.2 Å². The summed E-state index contributed by atoms with van der Waals surface area (Å²) >= 11 is 0. The molecule has 0 aliphatic carbocycles. The predicted molar refractivity (Wildman–Crippen MR) is 124 cm³/mol. The van der Waals surface area contributed by atoms with Crippen LogP contribution < -0.4 is 10.2 Å². The summed E-state index contributed by atoms with van der Waals surface area (Å²) in [7, 11) is 0. The lowest BCUT2D eigenvalue weighted by atomic mass is 10.1. The summed E-state index contributed by atoms with van der Waals surface area (Å²) < 4.78 is 16.3. The first-order valence-electron chi connectivity index (χ1n) is 10.7. The molecule has 0 unspecified atom stereocenters. The molecule has 0 atom stereocenters. The van der Waals surface area contributed by atoms with Gasteiger partial charge in [-0.05, 0) is 42.2 Å². The number of hydrogen-bond acceptors (Lipinski definition) is 7. The van der Waals surface area contributed by atoms with Crippen LogP contribution in [-0.2, 0) is 6.42 Å². The summed E-state index contributed by atoms with van der Waals surface area (Å²) in [5.74, 6) is 0.657. The monoisotopic (exact) mass is 440 g/mol. The Morgan fingerprint density at radius 1 is 1.15 bits per heavy atom. The number of aromatic nitrogens is 5.